The van der Waals surface area contributed by atoms with Crippen molar-refractivity contribution in [1.29, 1.82) is 0 Å². The molecule has 4 rings (SSSR count). The SMILES string of the molecule is COc1ccc(CN[C@@H](C(=O)N[C@H](C(=O)Nc2nccc(=O)[nH]2)C(C)C)[C@H](O)[C@H](Cc2ccccc2)NC(=O)[C@@H](NC(=O)OCc2ccccc2)C(C)C)cc1. The van der Waals surface area contributed by atoms with Crippen molar-refractivity contribution in [1.82, 2.24) is 31.2 Å². The Morgan fingerprint density at radius 3 is 1.89 bits per heavy atom. The number of alkyl carbamates (subject to hydrolysis) is 1. The zero-order valence-corrected chi connectivity index (χ0v) is 32.2. The molecular formula is C41H51N7O8. The van der Waals surface area contributed by atoms with Gasteiger partial charge >= 0.3 is 6.09 Å². The Kier molecular flexibility index (Phi) is 16.1. The lowest BCUT2D eigenvalue weighted by Crippen LogP contribution is -2.63. The predicted molar refractivity (Wildman–Crippen MR) is 210 cm³/mol. The first-order valence-corrected chi connectivity index (χ1v) is 18.4. The normalized spacial score (nSPS) is 13.8. The van der Waals surface area contributed by atoms with Crippen LogP contribution in [-0.2, 0) is 38.7 Å². The van der Waals surface area contributed by atoms with E-state index in [4.69, 9.17) is 9.47 Å². The second-order valence-corrected chi connectivity index (χ2v) is 13.9. The van der Waals surface area contributed by atoms with Crippen molar-refractivity contribution in [2.24, 2.45) is 11.8 Å². The Bertz CT molecular complexity index is 1920. The number of methoxy groups -OCH3 is 1. The smallest absolute Gasteiger partial charge is 0.408 e. The highest BCUT2D eigenvalue weighted by Gasteiger charge is 2.38. The summed E-state index contributed by atoms with van der Waals surface area (Å²) in [7, 11) is 1.55. The quantitative estimate of drug-likeness (QED) is 0.0741. The minimum Gasteiger partial charge on any atom is -0.497 e. The van der Waals surface area contributed by atoms with Crippen LogP contribution >= 0.6 is 0 Å². The topological polar surface area (TPSA) is 213 Å². The molecule has 15 nitrogen and oxygen atoms in total. The average Bonchev–Trinajstić information content (AvgIpc) is 3.18. The molecule has 5 atom stereocenters. The summed E-state index contributed by atoms with van der Waals surface area (Å²) in [5.41, 5.74) is 1.81. The lowest BCUT2D eigenvalue weighted by Gasteiger charge is -2.33. The molecule has 0 radical (unpaired) electrons. The van der Waals surface area contributed by atoms with E-state index in [9.17, 15) is 29.1 Å². The van der Waals surface area contributed by atoms with E-state index < -0.39 is 65.6 Å². The van der Waals surface area contributed by atoms with E-state index in [-0.39, 0.29) is 31.4 Å². The van der Waals surface area contributed by atoms with Crippen LogP contribution in [0.25, 0.3) is 0 Å². The van der Waals surface area contributed by atoms with Gasteiger partial charge in [0.1, 0.15) is 30.5 Å². The molecule has 0 saturated heterocycles. The van der Waals surface area contributed by atoms with Gasteiger partial charge in [-0.3, -0.25) is 34.8 Å². The molecular weight excluding hydrogens is 718 g/mol. The van der Waals surface area contributed by atoms with Crippen molar-refractivity contribution >= 4 is 29.8 Å². The van der Waals surface area contributed by atoms with E-state index in [2.05, 4.69) is 36.6 Å². The third-order valence-electron chi connectivity index (χ3n) is 8.94. The highest BCUT2D eigenvalue weighted by atomic mass is 16.5. The number of hydrogen-bond donors (Lipinski definition) is 7. The van der Waals surface area contributed by atoms with Gasteiger partial charge in [0.05, 0.1) is 19.3 Å². The van der Waals surface area contributed by atoms with Gasteiger partial charge in [-0.05, 0) is 47.1 Å². The van der Waals surface area contributed by atoms with Gasteiger partial charge in [-0.25, -0.2) is 9.78 Å². The van der Waals surface area contributed by atoms with Gasteiger partial charge in [0.15, 0.2) is 0 Å². The van der Waals surface area contributed by atoms with E-state index >= 15 is 0 Å². The number of amides is 4. The standard InChI is InChI=1S/C41H51N7O8/c1-25(2)33(38(52)48-40-42-21-20-32(49)45-40)46-39(53)35(43-23-28-16-18-30(55-5)19-17-28)36(50)31(22-27-12-8-6-9-13-27)44-37(51)34(26(3)4)47-41(54)56-24-29-14-10-7-11-15-29/h6-21,25-26,31,33-36,43,50H,22-24H2,1-5H3,(H,44,51)(H,46,53)(H,47,54)(H2,42,45,48,49,52)/t31-,33-,34-,35+,36+/m0/s1. The number of nitrogens with one attached hydrogen (secondary N) is 6. The Morgan fingerprint density at radius 1 is 0.714 bits per heavy atom. The number of nitrogens with zero attached hydrogens (tertiary/aromatic N) is 1. The number of benzene rings is 3. The van der Waals surface area contributed by atoms with Crippen molar-refractivity contribution in [3.63, 3.8) is 0 Å². The lowest BCUT2D eigenvalue weighted by molar-refractivity contribution is -0.132. The van der Waals surface area contributed by atoms with Crippen LogP contribution in [0.1, 0.15) is 44.4 Å². The number of aliphatic hydroxyl groups is 1. The molecule has 0 aliphatic heterocycles. The van der Waals surface area contributed by atoms with Gasteiger partial charge in [-0.15, -0.1) is 0 Å². The van der Waals surface area contributed by atoms with Crippen molar-refractivity contribution in [2.75, 3.05) is 12.4 Å². The molecule has 0 bridgehead atoms. The van der Waals surface area contributed by atoms with Gasteiger partial charge < -0.3 is 30.5 Å². The number of carbonyl (C=O) groups is 4. The van der Waals surface area contributed by atoms with Crippen LogP contribution in [0.3, 0.4) is 0 Å². The van der Waals surface area contributed by atoms with E-state index in [1.165, 1.54) is 12.3 Å². The molecule has 1 aromatic heterocycles. The minimum atomic E-state index is -1.57. The lowest BCUT2D eigenvalue weighted by atomic mass is 9.93. The summed E-state index contributed by atoms with van der Waals surface area (Å²) in [4.78, 5) is 72.7. The van der Waals surface area contributed by atoms with Gasteiger partial charge in [-0.1, -0.05) is 100 Å². The molecule has 1 heterocycles. The first-order valence-electron chi connectivity index (χ1n) is 18.4. The summed E-state index contributed by atoms with van der Waals surface area (Å²) in [6, 6.07) is 21.9. The summed E-state index contributed by atoms with van der Waals surface area (Å²) in [5.74, 6) is -2.27. The van der Waals surface area contributed by atoms with E-state index in [1.807, 2.05) is 60.7 Å². The molecule has 56 heavy (non-hydrogen) atoms. The van der Waals surface area contributed by atoms with E-state index in [1.54, 1.807) is 59.1 Å². The monoisotopic (exact) mass is 769 g/mol. The first kappa shape index (κ1) is 42.7. The number of carbonyl (C=O) groups excluding carboxylic acids is 4. The molecule has 4 amide bonds. The van der Waals surface area contributed by atoms with Gasteiger partial charge in [0.25, 0.3) is 5.56 Å². The summed E-state index contributed by atoms with van der Waals surface area (Å²) >= 11 is 0. The molecule has 4 aromatic rings. The fourth-order valence-electron chi connectivity index (χ4n) is 5.80. The van der Waals surface area contributed by atoms with Crippen LogP contribution in [-0.4, -0.2) is 76.3 Å². The van der Waals surface area contributed by atoms with Gasteiger partial charge in [0.2, 0.25) is 23.7 Å². The van der Waals surface area contributed by atoms with Crippen molar-refractivity contribution < 1.29 is 33.8 Å². The summed E-state index contributed by atoms with van der Waals surface area (Å²) < 4.78 is 10.6. The van der Waals surface area contributed by atoms with Crippen LogP contribution < -0.4 is 36.9 Å². The van der Waals surface area contributed by atoms with Gasteiger partial charge in [0, 0.05) is 18.8 Å². The number of hydrogen-bond acceptors (Lipinski definition) is 10. The number of aliphatic hydroxyl groups excluding tert-OH is 1. The molecule has 298 valence electrons. The predicted octanol–water partition coefficient (Wildman–Crippen LogP) is 3.06. The zero-order chi connectivity index (χ0) is 40.6. The Morgan fingerprint density at radius 2 is 1.30 bits per heavy atom. The van der Waals surface area contributed by atoms with Crippen molar-refractivity contribution in [2.45, 2.75) is 77.5 Å². The molecule has 3 aromatic carbocycles. The third-order valence-corrected chi connectivity index (χ3v) is 8.94. The highest BCUT2D eigenvalue weighted by molar-refractivity contribution is 5.97. The number of aromatic nitrogens is 2. The van der Waals surface area contributed by atoms with Crippen LogP contribution in [0.5, 0.6) is 5.75 Å². The number of rotatable bonds is 19. The Hall–Kier alpha value is -6.06. The van der Waals surface area contributed by atoms with Crippen molar-refractivity contribution in [3.8, 4) is 5.75 Å². The number of H-pyrrole nitrogens is 1. The molecule has 7 N–H and O–H groups in total. The fraction of sp³-hybridized carbons (Fsp3) is 0.366. The first-order chi connectivity index (χ1) is 26.8. The second-order valence-electron chi connectivity index (χ2n) is 13.9. The average molecular weight is 770 g/mol. The molecule has 15 heteroatoms. The maximum atomic E-state index is 14.3. The highest BCUT2D eigenvalue weighted by Crippen LogP contribution is 2.16. The largest absolute Gasteiger partial charge is 0.497 e. The molecule has 0 aliphatic rings. The van der Waals surface area contributed by atoms with Crippen LogP contribution in [0.4, 0.5) is 10.7 Å². The van der Waals surface area contributed by atoms with Gasteiger partial charge in [-0.2, -0.15) is 0 Å². The number of aromatic amines is 1. The van der Waals surface area contributed by atoms with Crippen LogP contribution in [0.2, 0.25) is 0 Å². The fourth-order valence-corrected chi connectivity index (χ4v) is 5.80. The Balaban J connectivity index is 1.61. The van der Waals surface area contributed by atoms with E-state index in [0.29, 0.717) is 5.75 Å². The summed E-state index contributed by atoms with van der Waals surface area (Å²) in [6.45, 7) is 7.08. The second kappa shape index (κ2) is 21.1. The molecule has 0 spiro atoms. The van der Waals surface area contributed by atoms with E-state index in [0.717, 1.165) is 16.7 Å². The zero-order valence-electron chi connectivity index (χ0n) is 32.2. The number of ether oxygens (including phenoxy) is 2. The van der Waals surface area contributed by atoms with Crippen LogP contribution in [0.15, 0.2) is 102 Å². The maximum absolute atomic E-state index is 14.3. The molecule has 0 saturated carbocycles. The molecule has 0 unspecified atom stereocenters. The summed E-state index contributed by atoms with van der Waals surface area (Å²) in [6.07, 6.45) is -1.03. The third kappa shape index (κ3) is 13.1. The summed E-state index contributed by atoms with van der Waals surface area (Å²) in [5, 5.41) is 26.1. The van der Waals surface area contributed by atoms with Crippen molar-refractivity contribution in [3.05, 3.63) is 124 Å². The maximum Gasteiger partial charge on any atom is 0.408 e. The molecule has 0 fully saturated rings. The minimum absolute atomic E-state index is 0.000299. The Labute approximate surface area is 326 Å². The number of anilines is 1. The molecule has 0 aliphatic carbocycles. The van der Waals surface area contributed by atoms with Crippen LogP contribution in [0, 0.1) is 11.8 Å².